The predicted octanol–water partition coefficient (Wildman–Crippen LogP) is 4.12. The van der Waals surface area contributed by atoms with Gasteiger partial charge < -0.3 is 4.90 Å². The summed E-state index contributed by atoms with van der Waals surface area (Å²) in [5.41, 5.74) is 3.37. The fraction of sp³-hybridized carbons (Fsp3) is 0.273. The van der Waals surface area contributed by atoms with Crippen LogP contribution in [0.1, 0.15) is 11.3 Å². The Kier molecular flexibility index (Phi) is 7.20. The molecule has 1 fully saturated rings. The molecule has 0 aliphatic carbocycles. The third-order valence-electron chi connectivity index (χ3n) is 4.88. The molecule has 2 heterocycles. The number of piperazine rings is 1. The number of carbonyl (C=O) groups is 1. The number of nitrogens with zero attached hydrogens (tertiary/aromatic N) is 3. The second-order valence-electron chi connectivity index (χ2n) is 6.83. The molecule has 0 radical (unpaired) electrons. The topological polar surface area (TPSA) is 36.4 Å². The summed E-state index contributed by atoms with van der Waals surface area (Å²) >= 11 is 1.70. The normalized spacial score (nSPS) is 14.5. The summed E-state index contributed by atoms with van der Waals surface area (Å²) in [5.74, 6) is 0.223. The Bertz CT molecular complexity index is 877. The second kappa shape index (κ2) is 9.82. The molecule has 4 nitrogen and oxygen atoms in total. The molecule has 146 valence electrons. The number of carbonyl (C=O) groups excluding carboxylic acids is 1. The van der Waals surface area contributed by atoms with Crippen LogP contribution in [-0.4, -0.2) is 46.9 Å². The van der Waals surface area contributed by atoms with E-state index in [1.165, 1.54) is 5.56 Å². The van der Waals surface area contributed by atoms with Gasteiger partial charge in [0.2, 0.25) is 5.91 Å². The first-order chi connectivity index (χ1) is 13.3. The van der Waals surface area contributed by atoms with Crippen molar-refractivity contribution in [2.24, 2.45) is 0 Å². The highest BCUT2D eigenvalue weighted by Gasteiger charge is 2.21. The number of hydrogen-bond donors (Lipinski definition) is 0. The standard InChI is InChI=1S/C22H23N3OS.ClH/c26-21(15-18-7-3-1-4-8-18)25-13-11-24(12-14-25)16-20-17-27-22(23-20)19-9-5-2-6-10-19;/h1-10,17H,11-16H2;1H. The van der Waals surface area contributed by atoms with E-state index in [4.69, 9.17) is 4.98 Å². The highest BCUT2D eigenvalue weighted by atomic mass is 35.5. The van der Waals surface area contributed by atoms with Crippen molar-refractivity contribution >= 4 is 29.7 Å². The first-order valence-corrected chi connectivity index (χ1v) is 10.2. The number of amides is 1. The summed E-state index contributed by atoms with van der Waals surface area (Å²) in [6, 6.07) is 20.3. The molecule has 1 aromatic heterocycles. The summed E-state index contributed by atoms with van der Waals surface area (Å²) in [4.78, 5) is 21.6. The van der Waals surface area contributed by atoms with Crippen molar-refractivity contribution in [1.29, 1.82) is 0 Å². The maximum Gasteiger partial charge on any atom is 0.227 e. The molecule has 0 atom stereocenters. The molecule has 3 aromatic rings. The molecule has 4 rings (SSSR count). The third kappa shape index (κ3) is 5.19. The molecule has 0 N–H and O–H groups in total. The van der Waals surface area contributed by atoms with E-state index >= 15 is 0 Å². The van der Waals surface area contributed by atoms with E-state index < -0.39 is 0 Å². The average Bonchev–Trinajstić information content (AvgIpc) is 3.18. The van der Waals surface area contributed by atoms with Crippen LogP contribution in [-0.2, 0) is 17.8 Å². The van der Waals surface area contributed by atoms with Crippen LogP contribution in [0.25, 0.3) is 10.6 Å². The molecule has 0 saturated carbocycles. The van der Waals surface area contributed by atoms with Crippen molar-refractivity contribution < 1.29 is 4.79 Å². The molecule has 0 spiro atoms. The SMILES string of the molecule is Cl.O=C(Cc1ccccc1)N1CCN(Cc2csc(-c3ccccc3)n2)CC1. The summed E-state index contributed by atoms with van der Waals surface area (Å²) < 4.78 is 0. The van der Waals surface area contributed by atoms with Crippen molar-refractivity contribution in [2.45, 2.75) is 13.0 Å². The van der Waals surface area contributed by atoms with Gasteiger partial charge in [-0.3, -0.25) is 9.69 Å². The molecule has 6 heteroatoms. The summed E-state index contributed by atoms with van der Waals surface area (Å²) in [6.07, 6.45) is 0.493. The molecule has 1 aliphatic rings. The van der Waals surface area contributed by atoms with Crippen LogP contribution in [0, 0.1) is 0 Å². The quantitative estimate of drug-likeness (QED) is 0.631. The maximum atomic E-state index is 12.5. The minimum absolute atomic E-state index is 0. The Morgan fingerprint density at radius 3 is 2.25 bits per heavy atom. The van der Waals surface area contributed by atoms with Gasteiger partial charge in [-0.25, -0.2) is 4.98 Å². The number of rotatable bonds is 5. The van der Waals surface area contributed by atoms with E-state index in [0.29, 0.717) is 6.42 Å². The van der Waals surface area contributed by atoms with Gasteiger partial charge in [0.1, 0.15) is 5.01 Å². The van der Waals surface area contributed by atoms with Crippen LogP contribution in [0.5, 0.6) is 0 Å². The Balaban J connectivity index is 0.00000225. The van der Waals surface area contributed by atoms with Gasteiger partial charge in [-0.15, -0.1) is 23.7 Å². The van der Waals surface area contributed by atoms with Gasteiger partial charge in [-0.05, 0) is 5.56 Å². The van der Waals surface area contributed by atoms with E-state index in [0.717, 1.165) is 49.0 Å². The highest BCUT2D eigenvalue weighted by molar-refractivity contribution is 7.13. The highest BCUT2D eigenvalue weighted by Crippen LogP contribution is 2.24. The fourth-order valence-electron chi connectivity index (χ4n) is 3.36. The lowest BCUT2D eigenvalue weighted by molar-refractivity contribution is -0.132. The van der Waals surface area contributed by atoms with Gasteiger partial charge in [0.15, 0.2) is 0 Å². The second-order valence-corrected chi connectivity index (χ2v) is 7.69. The number of hydrogen-bond acceptors (Lipinski definition) is 4. The number of halogens is 1. The molecule has 0 unspecified atom stereocenters. The molecule has 1 amide bonds. The van der Waals surface area contributed by atoms with Crippen molar-refractivity contribution in [2.75, 3.05) is 26.2 Å². The molecule has 2 aromatic carbocycles. The van der Waals surface area contributed by atoms with Crippen molar-refractivity contribution in [3.63, 3.8) is 0 Å². The van der Waals surface area contributed by atoms with Crippen LogP contribution in [0.15, 0.2) is 66.0 Å². The van der Waals surface area contributed by atoms with Gasteiger partial charge in [-0.2, -0.15) is 0 Å². The van der Waals surface area contributed by atoms with Crippen molar-refractivity contribution in [3.05, 3.63) is 77.3 Å². The van der Waals surface area contributed by atoms with Gasteiger partial charge in [0.05, 0.1) is 12.1 Å². The average molecular weight is 414 g/mol. The summed E-state index contributed by atoms with van der Waals surface area (Å²) in [6.45, 7) is 4.24. The van der Waals surface area contributed by atoms with Crippen LogP contribution in [0.3, 0.4) is 0 Å². The zero-order chi connectivity index (χ0) is 18.5. The minimum atomic E-state index is 0. The Morgan fingerprint density at radius 1 is 0.929 bits per heavy atom. The smallest absolute Gasteiger partial charge is 0.227 e. The molecule has 28 heavy (non-hydrogen) atoms. The molecule has 1 aliphatic heterocycles. The van der Waals surface area contributed by atoms with E-state index in [9.17, 15) is 4.79 Å². The third-order valence-corrected chi connectivity index (χ3v) is 5.82. The zero-order valence-corrected chi connectivity index (χ0v) is 17.3. The molecule has 0 bridgehead atoms. The van der Waals surface area contributed by atoms with E-state index in [2.05, 4.69) is 22.4 Å². The fourth-order valence-corrected chi connectivity index (χ4v) is 4.18. The van der Waals surface area contributed by atoms with Gasteiger partial charge in [-0.1, -0.05) is 60.7 Å². The Morgan fingerprint density at radius 2 is 1.57 bits per heavy atom. The number of aromatic nitrogens is 1. The lowest BCUT2D eigenvalue weighted by atomic mass is 10.1. The van der Waals surface area contributed by atoms with Gasteiger partial charge >= 0.3 is 0 Å². The lowest BCUT2D eigenvalue weighted by Gasteiger charge is -2.34. The first-order valence-electron chi connectivity index (χ1n) is 9.32. The zero-order valence-electron chi connectivity index (χ0n) is 15.7. The van der Waals surface area contributed by atoms with Gasteiger partial charge in [0.25, 0.3) is 0 Å². The van der Waals surface area contributed by atoms with E-state index in [1.807, 2.05) is 53.4 Å². The van der Waals surface area contributed by atoms with Crippen molar-refractivity contribution in [3.8, 4) is 10.6 Å². The van der Waals surface area contributed by atoms with Crippen LogP contribution in [0.4, 0.5) is 0 Å². The van der Waals surface area contributed by atoms with Crippen molar-refractivity contribution in [1.82, 2.24) is 14.8 Å². The summed E-state index contributed by atoms with van der Waals surface area (Å²) in [5, 5.41) is 3.22. The van der Waals surface area contributed by atoms with Gasteiger partial charge in [0, 0.05) is 43.7 Å². The predicted molar refractivity (Wildman–Crippen MR) is 117 cm³/mol. The van der Waals surface area contributed by atoms with Crippen LogP contribution in [0.2, 0.25) is 0 Å². The van der Waals surface area contributed by atoms with Crippen LogP contribution >= 0.6 is 23.7 Å². The molecular weight excluding hydrogens is 390 g/mol. The first kappa shape index (κ1) is 20.5. The lowest BCUT2D eigenvalue weighted by Crippen LogP contribution is -2.48. The Labute approximate surface area is 176 Å². The summed E-state index contributed by atoms with van der Waals surface area (Å²) in [7, 11) is 0. The maximum absolute atomic E-state index is 12.5. The monoisotopic (exact) mass is 413 g/mol. The molecule has 1 saturated heterocycles. The van der Waals surface area contributed by atoms with Crippen LogP contribution < -0.4 is 0 Å². The van der Waals surface area contributed by atoms with E-state index in [1.54, 1.807) is 11.3 Å². The van der Waals surface area contributed by atoms with E-state index in [-0.39, 0.29) is 18.3 Å². The number of thiazole rings is 1. The minimum Gasteiger partial charge on any atom is -0.340 e. The largest absolute Gasteiger partial charge is 0.340 e. The Hall–Kier alpha value is -2.21. The molecular formula is C22H24ClN3OS. The number of benzene rings is 2.